The molecule has 0 aliphatic rings. The van der Waals surface area contributed by atoms with E-state index in [-0.39, 0.29) is 32.8 Å². The number of carbonyl (C=O) groups is 1. The van der Waals surface area contributed by atoms with E-state index in [1.165, 1.54) is 49.6 Å². The number of nitrogens with zero attached hydrogens (tertiary/aromatic N) is 1. The minimum Gasteiger partial charge on any atom is -0.495 e. The quantitative estimate of drug-likeness (QED) is 0.442. The number of sulfonamides is 2. The Kier molecular flexibility index (Phi) is 7.95. The Labute approximate surface area is 203 Å². The first-order chi connectivity index (χ1) is 16.0. The number of carbonyl (C=O) groups excluding carboxylic acids is 1. The Balaban J connectivity index is 1.90. The molecule has 0 heterocycles. The lowest BCUT2D eigenvalue weighted by Gasteiger charge is -2.23. The molecule has 0 fully saturated rings. The fourth-order valence-electron chi connectivity index (χ4n) is 3.09. The topological polar surface area (TPSA) is 136 Å². The van der Waals surface area contributed by atoms with E-state index in [1.807, 2.05) is 0 Å². The molecule has 9 nitrogen and oxygen atoms in total. The molecule has 0 saturated carbocycles. The van der Waals surface area contributed by atoms with Crippen LogP contribution in [0.1, 0.15) is 5.56 Å². The molecule has 0 spiro atoms. The number of nitrogens with one attached hydrogen (secondary N) is 1. The molecular formula is C22H22ClN3O6S2. The van der Waals surface area contributed by atoms with Gasteiger partial charge in [0.05, 0.1) is 18.6 Å². The average Bonchev–Trinajstić information content (AvgIpc) is 2.79. The first-order valence-electron chi connectivity index (χ1n) is 9.81. The molecule has 0 atom stereocenters. The molecule has 0 radical (unpaired) electrons. The highest BCUT2D eigenvalue weighted by molar-refractivity contribution is 7.89. The molecule has 0 aliphatic carbocycles. The van der Waals surface area contributed by atoms with Crippen LogP contribution in [0.15, 0.2) is 82.6 Å². The minimum absolute atomic E-state index is 0.0847. The van der Waals surface area contributed by atoms with Crippen LogP contribution in [0.3, 0.4) is 0 Å². The minimum atomic E-state index is -4.21. The number of benzene rings is 3. The fraction of sp³-hybridized carbons (Fsp3) is 0.136. The molecular weight excluding hydrogens is 502 g/mol. The third-order valence-corrected chi connectivity index (χ3v) is 7.71. The van der Waals surface area contributed by atoms with Crippen LogP contribution in [-0.4, -0.2) is 40.7 Å². The van der Waals surface area contributed by atoms with E-state index >= 15 is 0 Å². The zero-order chi connectivity index (χ0) is 24.9. The predicted octanol–water partition coefficient (Wildman–Crippen LogP) is 2.83. The molecule has 0 bridgehead atoms. The number of primary sulfonamides is 1. The van der Waals surface area contributed by atoms with Gasteiger partial charge in [0.25, 0.3) is 0 Å². The van der Waals surface area contributed by atoms with Gasteiger partial charge in [-0.3, -0.25) is 4.79 Å². The number of rotatable bonds is 9. The van der Waals surface area contributed by atoms with Crippen molar-refractivity contribution in [3.05, 3.63) is 83.4 Å². The van der Waals surface area contributed by atoms with Gasteiger partial charge in [0.2, 0.25) is 26.0 Å². The summed E-state index contributed by atoms with van der Waals surface area (Å²) in [6.07, 6.45) is 0. The number of amides is 1. The Bertz CT molecular complexity index is 1380. The summed E-state index contributed by atoms with van der Waals surface area (Å²) in [5.41, 5.74) is 0.937. The van der Waals surface area contributed by atoms with Crippen molar-refractivity contribution in [3.8, 4) is 5.75 Å². The van der Waals surface area contributed by atoms with E-state index in [2.05, 4.69) is 5.32 Å². The maximum Gasteiger partial charge on any atom is 0.247 e. The van der Waals surface area contributed by atoms with Crippen LogP contribution >= 0.6 is 11.6 Å². The van der Waals surface area contributed by atoms with Crippen LogP contribution in [0.2, 0.25) is 5.02 Å². The van der Waals surface area contributed by atoms with E-state index in [0.29, 0.717) is 5.56 Å². The summed E-state index contributed by atoms with van der Waals surface area (Å²) in [5, 5.41) is 7.83. The highest BCUT2D eigenvalue weighted by atomic mass is 35.5. The third kappa shape index (κ3) is 6.33. The second kappa shape index (κ2) is 10.5. The zero-order valence-corrected chi connectivity index (χ0v) is 20.4. The van der Waals surface area contributed by atoms with E-state index in [1.54, 1.807) is 30.3 Å². The molecule has 12 heteroatoms. The summed E-state index contributed by atoms with van der Waals surface area (Å²) in [6.45, 7) is -0.611. The highest BCUT2D eigenvalue weighted by Crippen LogP contribution is 2.30. The second-order valence-electron chi connectivity index (χ2n) is 7.17. The summed E-state index contributed by atoms with van der Waals surface area (Å²) in [6, 6.07) is 18.2. The van der Waals surface area contributed by atoms with Gasteiger partial charge in [0, 0.05) is 17.3 Å². The van der Waals surface area contributed by atoms with Gasteiger partial charge in [-0.25, -0.2) is 22.0 Å². The number of anilines is 1. The molecule has 0 aromatic heterocycles. The smallest absolute Gasteiger partial charge is 0.247 e. The predicted molar refractivity (Wildman–Crippen MR) is 128 cm³/mol. The largest absolute Gasteiger partial charge is 0.495 e. The van der Waals surface area contributed by atoms with E-state index in [4.69, 9.17) is 21.5 Å². The Morgan fingerprint density at radius 1 is 1.00 bits per heavy atom. The van der Waals surface area contributed by atoms with Gasteiger partial charge in [-0.1, -0.05) is 41.9 Å². The summed E-state index contributed by atoms with van der Waals surface area (Å²) in [7, 11) is -6.76. The molecule has 3 rings (SSSR count). The van der Waals surface area contributed by atoms with Crippen LogP contribution in [-0.2, 0) is 31.4 Å². The van der Waals surface area contributed by atoms with Crippen molar-refractivity contribution < 1.29 is 26.4 Å². The molecule has 1 amide bonds. The van der Waals surface area contributed by atoms with Gasteiger partial charge in [0.1, 0.15) is 10.6 Å². The number of halogens is 1. The maximum atomic E-state index is 13.5. The van der Waals surface area contributed by atoms with E-state index in [9.17, 15) is 21.6 Å². The number of nitrogens with two attached hydrogens (primary N) is 1. The van der Waals surface area contributed by atoms with Gasteiger partial charge in [0.15, 0.2) is 0 Å². The summed E-state index contributed by atoms with van der Waals surface area (Å²) >= 11 is 6.03. The van der Waals surface area contributed by atoms with E-state index in [0.717, 1.165) is 4.31 Å². The van der Waals surface area contributed by atoms with Crippen LogP contribution < -0.4 is 15.2 Å². The lowest BCUT2D eigenvalue weighted by Crippen LogP contribution is -2.37. The van der Waals surface area contributed by atoms with Gasteiger partial charge < -0.3 is 10.1 Å². The van der Waals surface area contributed by atoms with Crippen molar-refractivity contribution in [1.29, 1.82) is 0 Å². The number of hydrogen-bond donors (Lipinski definition) is 2. The van der Waals surface area contributed by atoms with Gasteiger partial charge >= 0.3 is 0 Å². The van der Waals surface area contributed by atoms with Gasteiger partial charge in [-0.15, -0.1) is 0 Å². The van der Waals surface area contributed by atoms with Crippen LogP contribution in [0.4, 0.5) is 5.69 Å². The van der Waals surface area contributed by atoms with Crippen molar-refractivity contribution in [3.63, 3.8) is 0 Å². The zero-order valence-electron chi connectivity index (χ0n) is 18.0. The van der Waals surface area contributed by atoms with Crippen molar-refractivity contribution in [1.82, 2.24) is 4.31 Å². The molecule has 3 aromatic rings. The molecule has 0 aliphatic heterocycles. The average molecular weight is 524 g/mol. The Morgan fingerprint density at radius 3 is 2.24 bits per heavy atom. The van der Waals surface area contributed by atoms with Crippen LogP contribution in [0.25, 0.3) is 0 Å². The fourth-order valence-corrected chi connectivity index (χ4v) is 5.41. The van der Waals surface area contributed by atoms with Gasteiger partial charge in [-0.2, -0.15) is 4.31 Å². The normalized spacial score (nSPS) is 11.9. The Morgan fingerprint density at radius 2 is 1.65 bits per heavy atom. The number of methoxy groups -OCH3 is 1. The summed E-state index contributed by atoms with van der Waals surface area (Å²) in [4.78, 5) is 12.5. The lowest BCUT2D eigenvalue weighted by atomic mass is 10.2. The standard InChI is InChI=1S/C22H22ClN3O6S2/c1-32-20-12-7-17(23)13-21(20)34(30,31)26(14-16-5-3-2-4-6-16)15-22(27)25-18-8-10-19(11-9-18)33(24,28)29/h2-13H,14-15H2,1H3,(H,25,27)(H2,24,28,29). The maximum absolute atomic E-state index is 13.5. The van der Waals surface area contributed by atoms with Gasteiger partial charge in [-0.05, 0) is 48.0 Å². The second-order valence-corrected chi connectivity index (χ2v) is 11.1. The first kappa shape index (κ1) is 25.7. The van der Waals surface area contributed by atoms with Crippen LogP contribution in [0.5, 0.6) is 5.75 Å². The summed E-state index contributed by atoms with van der Waals surface area (Å²) in [5.74, 6) is -0.551. The van der Waals surface area contributed by atoms with E-state index < -0.39 is 32.5 Å². The molecule has 3 N–H and O–H groups in total. The molecule has 0 saturated heterocycles. The monoisotopic (exact) mass is 523 g/mol. The van der Waals surface area contributed by atoms with Crippen LogP contribution in [0, 0.1) is 0 Å². The van der Waals surface area contributed by atoms with Crippen molar-refractivity contribution in [2.75, 3.05) is 19.0 Å². The number of ether oxygens (including phenoxy) is 1. The molecule has 34 heavy (non-hydrogen) atoms. The highest BCUT2D eigenvalue weighted by Gasteiger charge is 2.30. The van der Waals surface area contributed by atoms with Crippen molar-refractivity contribution in [2.24, 2.45) is 5.14 Å². The number of hydrogen-bond acceptors (Lipinski definition) is 6. The first-order valence-corrected chi connectivity index (χ1v) is 13.2. The molecule has 3 aromatic carbocycles. The lowest BCUT2D eigenvalue weighted by molar-refractivity contribution is -0.116. The Hall–Kier alpha value is -2.96. The molecule has 180 valence electrons. The third-order valence-electron chi connectivity index (χ3n) is 4.73. The van der Waals surface area contributed by atoms with Crippen molar-refractivity contribution >= 4 is 43.2 Å². The SMILES string of the molecule is COc1ccc(Cl)cc1S(=O)(=O)N(CC(=O)Nc1ccc(S(N)(=O)=O)cc1)Cc1ccccc1. The van der Waals surface area contributed by atoms with Crippen molar-refractivity contribution in [2.45, 2.75) is 16.3 Å². The summed E-state index contributed by atoms with van der Waals surface area (Å²) < 4.78 is 56.1. The molecule has 0 unspecified atom stereocenters.